The Morgan fingerprint density at radius 2 is 1.19 bits per heavy atom. The van der Waals surface area contributed by atoms with Crippen LogP contribution in [-0.4, -0.2) is 4.98 Å². The van der Waals surface area contributed by atoms with E-state index in [0.29, 0.717) is 11.4 Å². The standard InChI is InChI=1S/C18H15P.C8H5ClFNS/c1-4-10-16(11-5-1)19(17-12-6-2-7-13-17)18-14-8-3-9-15-18;9-4-8-11-6-3-5(10)1-2-7(6)12-8/h1-15H;1-3H,4H2. The fraction of sp³-hybridized carbons (Fsp3) is 0.0385. The molecule has 0 spiro atoms. The maximum Gasteiger partial charge on any atom is 0.125 e. The fourth-order valence-electron chi connectivity index (χ4n) is 3.18. The average Bonchev–Trinajstić information content (AvgIpc) is 3.24. The van der Waals surface area contributed by atoms with Gasteiger partial charge in [-0.25, -0.2) is 9.37 Å². The minimum atomic E-state index is -0.446. The molecule has 0 aliphatic heterocycles. The largest absolute Gasteiger partial charge is 0.240 e. The molecule has 4 aromatic carbocycles. The molecule has 0 bridgehead atoms. The minimum absolute atomic E-state index is 0.256. The van der Waals surface area contributed by atoms with Crippen molar-refractivity contribution >= 4 is 57.0 Å². The molecule has 0 saturated carbocycles. The van der Waals surface area contributed by atoms with Crippen LogP contribution in [0, 0.1) is 5.82 Å². The Labute approximate surface area is 191 Å². The lowest BCUT2D eigenvalue weighted by Gasteiger charge is -2.18. The van der Waals surface area contributed by atoms with Gasteiger partial charge in [0.1, 0.15) is 10.8 Å². The van der Waals surface area contributed by atoms with Gasteiger partial charge in [0.05, 0.1) is 16.1 Å². The lowest BCUT2D eigenvalue weighted by molar-refractivity contribution is 0.629. The highest BCUT2D eigenvalue weighted by Crippen LogP contribution is 2.32. The summed E-state index contributed by atoms with van der Waals surface area (Å²) < 4.78 is 13.7. The predicted molar refractivity (Wildman–Crippen MR) is 134 cm³/mol. The third-order valence-electron chi connectivity index (χ3n) is 4.55. The molecular formula is C26H20ClFNPS. The molecular weight excluding hydrogens is 444 g/mol. The third kappa shape index (κ3) is 5.57. The molecule has 1 nitrogen and oxygen atoms in total. The topological polar surface area (TPSA) is 12.9 Å². The number of alkyl halides is 1. The number of hydrogen-bond donors (Lipinski definition) is 0. The molecule has 5 heteroatoms. The summed E-state index contributed by atoms with van der Waals surface area (Å²) in [6, 6.07) is 36.9. The Balaban J connectivity index is 0.000000166. The first-order chi connectivity index (χ1) is 15.2. The normalized spacial score (nSPS) is 10.7. The molecule has 0 fully saturated rings. The van der Waals surface area contributed by atoms with Gasteiger partial charge in [0.2, 0.25) is 0 Å². The summed E-state index contributed by atoms with van der Waals surface area (Å²) in [6.45, 7) is 0. The van der Waals surface area contributed by atoms with Gasteiger partial charge in [0.15, 0.2) is 0 Å². The maximum atomic E-state index is 12.7. The van der Waals surface area contributed by atoms with Crippen LogP contribution < -0.4 is 15.9 Å². The summed E-state index contributed by atoms with van der Waals surface area (Å²) in [5, 5.41) is 5.02. The quantitative estimate of drug-likeness (QED) is 0.215. The third-order valence-corrected chi connectivity index (χ3v) is 8.44. The Kier molecular flexibility index (Phi) is 7.43. The van der Waals surface area contributed by atoms with E-state index < -0.39 is 7.92 Å². The zero-order valence-electron chi connectivity index (χ0n) is 16.7. The van der Waals surface area contributed by atoms with Crippen LogP contribution in [0.3, 0.4) is 0 Å². The summed E-state index contributed by atoms with van der Waals surface area (Å²) in [7, 11) is -0.446. The highest BCUT2D eigenvalue weighted by Gasteiger charge is 2.15. The second-order valence-corrected chi connectivity index (χ2v) is 10.3. The van der Waals surface area contributed by atoms with Crippen molar-refractivity contribution in [3.8, 4) is 0 Å². The summed E-state index contributed by atoms with van der Waals surface area (Å²) in [4.78, 5) is 4.14. The Morgan fingerprint density at radius 3 is 1.65 bits per heavy atom. The van der Waals surface area contributed by atoms with Crippen molar-refractivity contribution in [1.82, 2.24) is 4.98 Å². The molecule has 0 radical (unpaired) electrons. The van der Waals surface area contributed by atoms with Crippen molar-refractivity contribution in [2.45, 2.75) is 5.88 Å². The van der Waals surface area contributed by atoms with Crippen molar-refractivity contribution < 1.29 is 4.39 Å². The molecule has 5 aromatic rings. The van der Waals surface area contributed by atoms with Crippen molar-refractivity contribution in [1.29, 1.82) is 0 Å². The molecule has 0 N–H and O–H groups in total. The lowest BCUT2D eigenvalue weighted by Crippen LogP contribution is -2.20. The fourth-order valence-corrected chi connectivity index (χ4v) is 6.51. The van der Waals surface area contributed by atoms with E-state index in [1.165, 1.54) is 39.4 Å². The number of nitrogens with zero attached hydrogens (tertiary/aromatic N) is 1. The molecule has 0 atom stereocenters. The van der Waals surface area contributed by atoms with Gasteiger partial charge < -0.3 is 0 Å². The number of fused-ring (bicyclic) bond motifs is 1. The second kappa shape index (κ2) is 10.6. The summed E-state index contributed by atoms with van der Waals surface area (Å²) >= 11 is 7.09. The molecule has 0 aliphatic rings. The van der Waals surface area contributed by atoms with Crippen LogP contribution in [0.1, 0.15) is 5.01 Å². The van der Waals surface area contributed by atoms with Gasteiger partial charge >= 0.3 is 0 Å². The zero-order valence-corrected chi connectivity index (χ0v) is 19.1. The molecule has 154 valence electrons. The SMILES string of the molecule is Fc1ccc2sc(CCl)nc2c1.c1ccc(P(c2ccccc2)c2ccccc2)cc1. The first-order valence-corrected chi connectivity index (χ1v) is 12.5. The van der Waals surface area contributed by atoms with Crippen LogP contribution in [0.25, 0.3) is 10.2 Å². The first-order valence-electron chi connectivity index (χ1n) is 9.81. The molecule has 0 unspecified atom stereocenters. The van der Waals surface area contributed by atoms with Crippen molar-refractivity contribution in [2.75, 3.05) is 0 Å². The van der Waals surface area contributed by atoms with Crippen LogP contribution in [-0.2, 0) is 5.88 Å². The van der Waals surface area contributed by atoms with Crippen LogP contribution in [0.5, 0.6) is 0 Å². The van der Waals surface area contributed by atoms with E-state index in [1.54, 1.807) is 6.07 Å². The number of halogens is 2. The maximum absolute atomic E-state index is 12.7. The Morgan fingerprint density at radius 1 is 0.710 bits per heavy atom. The van der Waals surface area contributed by atoms with Crippen LogP contribution in [0.15, 0.2) is 109 Å². The number of thiazole rings is 1. The van der Waals surface area contributed by atoms with E-state index in [4.69, 9.17) is 11.6 Å². The van der Waals surface area contributed by atoms with E-state index in [9.17, 15) is 4.39 Å². The van der Waals surface area contributed by atoms with Gasteiger partial charge in [-0.1, -0.05) is 91.0 Å². The van der Waals surface area contributed by atoms with Crippen molar-refractivity contribution in [2.24, 2.45) is 0 Å². The number of aromatic nitrogens is 1. The lowest BCUT2D eigenvalue weighted by atomic mass is 10.3. The monoisotopic (exact) mass is 463 g/mol. The molecule has 0 aliphatic carbocycles. The van der Waals surface area contributed by atoms with Gasteiger partial charge in [0.25, 0.3) is 0 Å². The number of hydrogen-bond acceptors (Lipinski definition) is 2. The smallest absolute Gasteiger partial charge is 0.125 e. The van der Waals surface area contributed by atoms with E-state index in [2.05, 4.69) is 96.0 Å². The molecule has 1 heterocycles. The Bertz CT molecular complexity index is 1140. The Hall–Kier alpha value is -2.58. The van der Waals surface area contributed by atoms with Crippen LogP contribution in [0.2, 0.25) is 0 Å². The zero-order chi connectivity index (χ0) is 21.5. The predicted octanol–water partition coefficient (Wildman–Crippen LogP) is 6.62. The average molecular weight is 464 g/mol. The van der Waals surface area contributed by atoms with E-state index in [-0.39, 0.29) is 5.82 Å². The van der Waals surface area contributed by atoms with Crippen molar-refractivity contribution in [3.05, 3.63) is 120 Å². The first kappa shape index (κ1) is 21.6. The van der Waals surface area contributed by atoms with Crippen molar-refractivity contribution in [3.63, 3.8) is 0 Å². The van der Waals surface area contributed by atoms with Gasteiger partial charge in [0, 0.05) is 6.07 Å². The number of benzene rings is 4. The second-order valence-electron chi connectivity index (χ2n) is 6.70. The summed E-state index contributed by atoms with van der Waals surface area (Å²) in [6.07, 6.45) is 0. The molecule has 5 rings (SSSR count). The molecule has 0 saturated heterocycles. The van der Waals surface area contributed by atoms with Gasteiger partial charge in [-0.2, -0.15) is 0 Å². The van der Waals surface area contributed by atoms with Gasteiger partial charge in [-0.3, -0.25) is 0 Å². The summed E-state index contributed by atoms with van der Waals surface area (Å²) in [5.74, 6) is 0.134. The molecule has 0 amide bonds. The van der Waals surface area contributed by atoms with E-state index in [1.807, 2.05) is 0 Å². The van der Waals surface area contributed by atoms with Gasteiger partial charge in [-0.05, 0) is 36.0 Å². The molecule has 31 heavy (non-hydrogen) atoms. The highest BCUT2D eigenvalue weighted by molar-refractivity contribution is 7.79. The van der Waals surface area contributed by atoms with E-state index in [0.717, 1.165) is 9.71 Å². The molecule has 1 aromatic heterocycles. The number of rotatable bonds is 4. The minimum Gasteiger partial charge on any atom is -0.240 e. The van der Waals surface area contributed by atoms with Crippen LogP contribution >= 0.6 is 30.9 Å². The van der Waals surface area contributed by atoms with Gasteiger partial charge in [-0.15, -0.1) is 22.9 Å². The van der Waals surface area contributed by atoms with E-state index >= 15 is 0 Å². The van der Waals surface area contributed by atoms with Crippen LogP contribution in [0.4, 0.5) is 4.39 Å². The summed E-state index contributed by atoms with van der Waals surface area (Å²) in [5.41, 5.74) is 0.690. The highest BCUT2D eigenvalue weighted by atomic mass is 35.5.